The number of anilines is 1. The average Bonchev–Trinajstić information content (AvgIpc) is 2.21. The number of thioether (sulfide) groups is 1. The molecular formula is C9H14ClN3OS. The molecule has 1 aromatic heterocycles. The number of aromatic nitrogens is 2. The maximum atomic E-state index is 8.79. The Labute approximate surface area is 98.5 Å². The molecule has 1 heterocycles. The van der Waals surface area contributed by atoms with Crippen molar-refractivity contribution in [3.05, 3.63) is 11.2 Å². The number of rotatable bonds is 5. The molecule has 1 aromatic rings. The van der Waals surface area contributed by atoms with Gasteiger partial charge in [-0.1, -0.05) is 18.5 Å². The van der Waals surface area contributed by atoms with Gasteiger partial charge in [0.15, 0.2) is 0 Å². The van der Waals surface area contributed by atoms with E-state index in [9.17, 15) is 0 Å². The highest BCUT2D eigenvalue weighted by Gasteiger charge is 2.10. The van der Waals surface area contributed by atoms with E-state index in [1.54, 1.807) is 25.0 Å². The fourth-order valence-corrected chi connectivity index (χ4v) is 2.12. The first-order valence-corrected chi connectivity index (χ1v) is 5.91. The zero-order chi connectivity index (χ0) is 11.3. The summed E-state index contributed by atoms with van der Waals surface area (Å²) in [5.41, 5.74) is 0. The molecule has 0 aliphatic carbocycles. The molecule has 1 rings (SSSR count). The summed E-state index contributed by atoms with van der Waals surface area (Å²) < 4.78 is 0. The standard InChI is InChI=1S/C9H14ClN3OS/c1-6(3-4-14)15-8-7(10)5-12-9(11-2)13-8/h5-6,14H,3-4H2,1-2H3,(H,11,12,13). The molecule has 0 amide bonds. The molecular weight excluding hydrogens is 234 g/mol. The summed E-state index contributed by atoms with van der Waals surface area (Å²) in [6.45, 7) is 2.20. The van der Waals surface area contributed by atoms with Crippen molar-refractivity contribution >= 4 is 29.3 Å². The van der Waals surface area contributed by atoms with Crippen molar-refractivity contribution in [2.24, 2.45) is 0 Å². The van der Waals surface area contributed by atoms with Gasteiger partial charge in [0.2, 0.25) is 5.95 Å². The van der Waals surface area contributed by atoms with Gasteiger partial charge in [0.05, 0.1) is 11.2 Å². The van der Waals surface area contributed by atoms with Crippen molar-refractivity contribution in [3.63, 3.8) is 0 Å². The Morgan fingerprint density at radius 1 is 1.67 bits per heavy atom. The predicted molar refractivity (Wildman–Crippen MR) is 63.6 cm³/mol. The lowest BCUT2D eigenvalue weighted by Gasteiger charge is -2.10. The Hall–Kier alpha value is -0.520. The molecule has 1 atom stereocenters. The number of aliphatic hydroxyl groups excluding tert-OH is 1. The molecule has 15 heavy (non-hydrogen) atoms. The van der Waals surface area contributed by atoms with Crippen LogP contribution in [0.2, 0.25) is 5.02 Å². The lowest BCUT2D eigenvalue weighted by molar-refractivity contribution is 0.289. The van der Waals surface area contributed by atoms with Gasteiger partial charge in [0.1, 0.15) is 5.03 Å². The molecule has 84 valence electrons. The molecule has 0 fully saturated rings. The average molecular weight is 248 g/mol. The van der Waals surface area contributed by atoms with Crippen LogP contribution in [0.3, 0.4) is 0 Å². The van der Waals surface area contributed by atoms with Crippen LogP contribution in [0.15, 0.2) is 11.2 Å². The van der Waals surface area contributed by atoms with E-state index in [0.29, 0.717) is 11.0 Å². The predicted octanol–water partition coefficient (Wildman–Crippen LogP) is 2.03. The van der Waals surface area contributed by atoms with Crippen molar-refractivity contribution < 1.29 is 5.11 Å². The molecule has 6 heteroatoms. The summed E-state index contributed by atoms with van der Waals surface area (Å²) in [5, 5.41) is 13.2. The van der Waals surface area contributed by atoms with E-state index in [4.69, 9.17) is 16.7 Å². The first kappa shape index (κ1) is 12.5. The van der Waals surface area contributed by atoms with Gasteiger partial charge < -0.3 is 10.4 Å². The fourth-order valence-electron chi connectivity index (χ4n) is 0.986. The van der Waals surface area contributed by atoms with Gasteiger partial charge >= 0.3 is 0 Å². The minimum Gasteiger partial charge on any atom is -0.396 e. The number of hydrogen-bond donors (Lipinski definition) is 2. The Bertz CT molecular complexity index is 324. The van der Waals surface area contributed by atoms with E-state index in [0.717, 1.165) is 11.4 Å². The second-order valence-electron chi connectivity index (χ2n) is 3.04. The molecule has 0 saturated carbocycles. The molecule has 0 aliphatic heterocycles. The Balaban J connectivity index is 2.74. The van der Waals surface area contributed by atoms with E-state index in [1.807, 2.05) is 6.92 Å². The van der Waals surface area contributed by atoms with Crippen LogP contribution in [0, 0.1) is 0 Å². The second kappa shape index (κ2) is 6.15. The van der Waals surface area contributed by atoms with Gasteiger partial charge in [0, 0.05) is 18.9 Å². The third-order valence-electron chi connectivity index (χ3n) is 1.78. The molecule has 0 radical (unpaired) electrons. The lowest BCUT2D eigenvalue weighted by Crippen LogP contribution is -2.02. The Morgan fingerprint density at radius 2 is 2.40 bits per heavy atom. The molecule has 1 unspecified atom stereocenters. The van der Waals surface area contributed by atoms with E-state index >= 15 is 0 Å². The van der Waals surface area contributed by atoms with E-state index in [2.05, 4.69) is 15.3 Å². The van der Waals surface area contributed by atoms with E-state index in [-0.39, 0.29) is 11.9 Å². The molecule has 0 spiro atoms. The van der Waals surface area contributed by atoms with Crippen LogP contribution in [-0.2, 0) is 0 Å². The smallest absolute Gasteiger partial charge is 0.223 e. The van der Waals surface area contributed by atoms with Crippen molar-refractivity contribution in [2.75, 3.05) is 19.0 Å². The highest BCUT2D eigenvalue weighted by molar-refractivity contribution is 7.99. The summed E-state index contributed by atoms with van der Waals surface area (Å²) in [5.74, 6) is 0.554. The van der Waals surface area contributed by atoms with E-state index < -0.39 is 0 Å². The maximum absolute atomic E-state index is 8.79. The van der Waals surface area contributed by atoms with Crippen LogP contribution in [0.4, 0.5) is 5.95 Å². The van der Waals surface area contributed by atoms with Gasteiger partial charge in [-0.15, -0.1) is 11.8 Å². The molecule has 2 N–H and O–H groups in total. The largest absolute Gasteiger partial charge is 0.396 e. The van der Waals surface area contributed by atoms with Crippen molar-refractivity contribution in [2.45, 2.75) is 23.6 Å². The van der Waals surface area contributed by atoms with Crippen molar-refractivity contribution in [3.8, 4) is 0 Å². The van der Waals surface area contributed by atoms with Crippen LogP contribution in [0.5, 0.6) is 0 Å². The number of nitrogens with one attached hydrogen (secondary N) is 1. The number of halogens is 1. The zero-order valence-corrected chi connectivity index (χ0v) is 10.3. The minimum atomic E-state index is 0.176. The number of hydrogen-bond acceptors (Lipinski definition) is 5. The van der Waals surface area contributed by atoms with Gasteiger partial charge in [-0.25, -0.2) is 9.97 Å². The van der Waals surface area contributed by atoms with Crippen LogP contribution in [-0.4, -0.2) is 34.0 Å². The molecule has 0 aromatic carbocycles. The van der Waals surface area contributed by atoms with Gasteiger partial charge in [0.25, 0.3) is 0 Å². The first-order chi connectivity index (χ1) is 7.17. The molecule has 0 saturated heterocycles. The third-order valence-corrected chi connectivity index (χ3v) is 3.35. The summed E-state index contributed by atoms with van der Waals surface area (Å²) in [6.07, 6.45) is 2.30. The van der Waals surface area contributed by atoms with Crippen LogP contribution in [0.1, 0.15) is 13.3 Å². The highest BCUT2D eigenvalue weighted by atomic mass is 35.5. The maximum Gasteiger partial charge on any atom is 0.223 e. The van der Waals surface area contributed by atoms with Crippen LogP contribution >= 0.6 is 23.4 Å². The van der Waals surface area contributed by atoms with Crippen molar-refractivity contribution in [1.82, 2.24) is 9.97 Å². The lowest BCUT2D eigenvalue weighted by atomic mass is 10.3. The van der Waals surface area contributed by atoms with E-state index in [1.165, 1.54) is 0 Å². The normalized spacial score (nSPS) is 12.5. The fraction of sp³-hybridized carbons (Fsp3) is 0.556. The quantitative estimate of drug-likeness (QED) is 0.616. The third kappa shape index (κ3) is 3.85. The zero-order valence-electron chi connectivity index (χ0n) is 8.70. The number of nitrogens with zero attached hydrogens (tertiary/aromatic N) is 2. The molecule has 0 bridgehead atoms. The summed E-state index contributed by atoms with van der Waals surface area (Å²) in [4.78, 5) is 8.23. The summed E-state index contributed by atoms with van der Waals surface area (Å²) in [7, 11) is 1.76. The number of aliphatic hydroxyl groups is 1. The Morgan fingerprint density at radius 3 is 3.00 bits per heavy atom. The van der Waals surface area contributed by atoms with Gasteiger partial charge in [-0.05, 0) is 6.42 Å². The molecule has 0 aliphatic rings. The first-order valence-electron chi connectivity index (χ1n) is 4.65. The minimum absolute atomic E-state index is 0.176. The summed E-state index contributed by atoms with van der Waals surface area (Å²) >= 11 is 7.50. The van der Waals surface area contributed by atoms with Crippen LogP contribution in [0.25, 0.3) is 0 Å². The van der Waals surface area contributed by atoms with Crippen molar-refractivity contribution in [1.29, 1.82) is 0 Å². The SMILES string of the molecule is CNc1ncc(Cl)c(SC(C)CCO)n1. The van der Waals surface area contributed by atoms with Crippen LogP contribution < -0.4 is 5.32 Å². The molecule has 4 nitrogen and oxygen atoms in total. The Kier molecular flexibility index (Phi) is 5.14. The highest BCUT2D eigenvalue weighted by Crippen LogP contribution is 2.29. The second-order valence-corrected chi connectivity index (χ2v) is 4.87. The van der Waals surface area contributed by atoms with Gasteiger partial charge in [-0.2, -0.15) is 0 Å². The summed E-state index contributed by atoms with van der Waals surface area (Å²) in [6, 6.07) is 0. The topological polar surface area (TPSA) is 58.0 Å². The monoisotopic (exact) mass is 247 g/mol. The van der Waals surface area contributed by atoms with Gasteiger partial charge in [-0.3, -0.25) is 0 Å².